The van der Waals surface area contributed by atoms with E-state index in [-0.39, 0.29) is 12.4 Å². The van der Waals surface area contributed by atoms with E-state index in [1.807, 2.05) is 0 Å². The molecule has 2 heterocycles. The number of Topliss-reactive ketones (excluding diaryl/α,β-unsaturated/α-hetero) is 1. The molecule has 0 amide bonds. The van der Waals surface area contributed by atoms with E-state index in [9.17, 15) is 9.59 Å². The van der Waals surface area contributed by atoms with Crippen LogP contribution in [0.3, 0.4) is 0 Å². The summed E-state index contributed by atoms with van der Waals surface area (Å²) in [5.74, 6) is -0.400. The van der Waals surface area contributed by atoms with E-state index in [2.05, 4.69) is 15.9 Å². The fraction of sp³-hybridized carbons (Fsp3) is 0.0769. The third-order valence-corrected chi connectivity index (χ3v) is 3.87. The summed E-state index contributed by atoms with van der Waals surface area (Å²) < 4.78 is 11.1. The predicted octanol–water partition coefficient (Wildman–Crippen LogP) is 4.20. The molecule has 7 heteroatoms. The maximum atomic E-state index is 11.7. The molecule has 2 rings (SSSR count). The van der Waals surface area contributed by atoms with Gasteiger partial charge in [0.1, 0.15) is 5.76 Å². The van der Waals surface area contributed by atoms with Gasteiger partial charge >= 0.3 is 5.97 Å². The van der Waals surface area contributed by atoms with Crippen molar-refractivity contribution in [3.63, 3.8) is 0 Å². The lowest BCUT2D eigenvalue weighted by Crippen LogP contribution is -2.11. The number of thiophene rings is 1. The van der Waals surface area contributed by atoms with Crippen molar-refractivity contribution >= 4 is 56.7 Å². The first-order chi connectivity index (χ1) is 9.54. The average Bonchev–Trinajstić information content (AvgIpc) is 3.02. The van der Waals surface area contributed by atoms with Gasteiger partial charge in [0.15, 0.2) is 11.3 Å². The Labute approximate surface area is 132 Å². The molecular formula is C13H8BrClO4S. The van der Waals surface area contributed by atoms with Gasteiger partial charge in [-0.25, -0.2) is 4.79 Å². The monoisotopic (exact) mass is 374 g/mol. The quantitative estimate of drug-likeness (QED) is 0.446. The topological polar surface area (TPSA) is 56.5 Å². The molecule has 0 spiro atoms. The van der Waals surface area contributed by atoms with Gasteiger partial charge in [0.2, 0.25) is 5.78 Å². The van der Waals surface area contributed by atoms with Crippen LogP contribution in [0.1, 0.15) is 15.4 Å². The van der Waals surface area contributed by atoms with E-state index in [0.29, 0.717) is 19.6 Å². The first kappa shape index (κ1) is 15.0. The Bertz CT molecular complexity index is 659. The highest BCUT2D eigenvalue weighted by Gasteiger charge is 2.10. The Morgan fingerprint density at radius 2 is 2.15 bits per heavy atom. The van der Waals surface area contributed by atoms with Crippen LogP contribution in [0.2, 0.25) is 4.34 Å². The van der Waals surface area contributed by atoms with Gasteiger partial charge in [-0.15, -0.1) is 11.3 Å². The molecule has 0 aromatic carbocycles. The zero-order valence-corrected chi connectivity index (χ0v) is 13.1. The lowest BCUT2D eigenvalue weighted by molar-refractivity contribution is -0.136. The number of hydrogen-bond donors (Lipinski definition) is 0. The summed E-state index contributed by atoms with van der Waals surface area (Å²) in [4.78, 5) is 23.6. The molecular weight excluding hydrogens is 368 g/mol. The van der Waals surface area contributed by atoms with Crippen molar-refractivity contribution in [2.75, 3.05) is 6.61 Å². The molecule has 0 fully saturated rings. The zero-order chi connectivity index (χ0) is 14.5. The van der Waals surface area contributed by atoms with E-state index < -0.39 is 5.97 Å². The number of hydrogen-bond acceptors (Lipinski definition) is 5. The maximum Gasteiger partial charge on any atom is 0.331 e. The van der Waals surface area contributed by atoms with E-state index in [1.165, 1.54) is 12.2 Å². The fourth-order valence-corrected chi connectivity index (χ4v) is 2.57. The molecule has 0 aliphatic carbocycles. The summed E-state index contributed by atoms with van der Waals surface area (Å²) in [5.41, 5.74) is 0. The minimum Gasteiger partial charge on any atom is -0.454 e. The van der Waals surface area contributed by atoms with Crippen LogP contribution in [0.25, 0.3) is 6.08 Å². The number of ether oxygens (including phenoxy) is 1. The van der Waals surface area contributed by atoms with Crippen molar-refractivity contribution in [2.24, 2.45) is 0 Å². The highest BCUT2D eigenvalue weighted by molar-refractivity contribution is 9.10. The molecule has 4 nitrogen and oxygen atoms in total. The first-order valence-electron chi connectivity index (χ1n) is 5.43. The number of carbonyl (C=O) groups is 2. The molecule has 20 heavy (non-hydrogen) atoms. The molecule has 104 valence electrons. The lowest BCUT2D eigenvalue weighted by atomic mass is 10.3. The Hall–Kier alpha value is -1.37. The lowest BCUT2D eigenvalue weighted by Gasteiger charge is -1.98. The number of halogens is 2. The van der Waals surface area contributed by atoms with Gasteiger partial charge in [0.25, 0.3) is 0 Å². The van der Waals surface area contributed by atoms with Gasteiger partial charge in [-0.1, -0.05) is 11.6 Å². The van der Waals surface area contributed by atoms with Gasteiger partial charge in [0.05, 0.1) is 9.21 Å². The van der Waals surface area contributed by atoms with Crippen molar-refractivity contribution < 1.29 is 18.7 Å². The Balaban J connectivity index is 1.83. The first-order valence-corrected chi connectivity index (χ1v) is 7.42. The number of rotatable bonds is 5. The van der Waals surface area contributed by atoms with Crippen LogP contribution < -0.4 is 0 Å². The molecule has 0 saturated heterocycles. The molecule has 0 aliphatic heterocycles. The van der Waals surface area contributed by atoms with Gasteiger partial charge in [-0.2, -0.15) is 0 Å². The second-order valence-electron chi connectivity index (χ2n) is 3.61. The molecule has 0 bridgehead atoms. The predicted molar refractivity (Wildman–Crippen MR) is 80.1 cm³/mol. The van der Waals surface area contributed by atoms with Gasteiger partial charge in [0, 0.05) is 6.08 Å². The minimum atomic E-state index is -0.617. The van der Waals surface area contributed by atoms with Crippen LogP contribution in [0.15, 0.2) is 39.4 Å². The van der Waals surface area contributed by atoms with Crippen LogP contribution in [-0.2, 0) is 9.53 Å². The normalized spacial score (nSPS) is 10.9. The summed E-state index contributed by atoms with van der Waals surface area (Å²) in [6, 6.07) is 6.61. The second-order valence-corrected chi connectivity index (χ2v) is 6.11. The third-order valence-electron chi connectivity index (χ3n) is 2.17. The minimum absolute atomic E-state index is 0.288. The van der Waals surface area contributed by atoms with Crippen LogP contribution >= 0.6 is 38.9 Å². The summed E-state index contributed by atoms with van der Waals surface area (Å²) in [6.45, 7) is -0.318. The molecule has 2 aromatic heterocycles. The van der Waals surface area contributed by atoms with Crippen LogP contribution in [0.4, 0.5) is 0 Å². The summed E-state index contributed by atoms with van der Waals surface area (Å²) in [7, 11) is 0. The Morgan fingerprint density at radius 3 is 2.75 bits per heavy atom. The standard InChI is InChI=1S/C13H8BrClO4S/c14-11-4-1-8(19-11)2-6-13(17)18-7-9(16)10-3-5-12(15)20-10/h1-6H,7H2/b6-2+. The molecule has 0 unspecified atom stereocenters. The molecule has 0 atom stereocenters. The van der Waals surface area contributed by atoms with E-state index in [4.69, 9.17) is 20.8 Å². The third kappa shape index (κ3) is 4.33. The molecule has 0 radical (unpaired) electrons. The number of carbonyl (C=O) groups excluding carboxylic acids is 2. The SMILES string of the molecule is O=C(/C=C/c1ccc(Br)o1)OCC(=O)c1ccc(Cl)s1. The van der Waals surface area contributed by atoms with Crippen molar-refractivity contribution in [1.29, 1.82) is 0 Å². The summed E-state index contributed by atoms with van der Waals surface area (Å²) in [5, 5.41) is 0. The van der Waals surface area contributed by atoms with Crippen LogP contribution in [-0.4, -0.2) is 18.4 Å². The molecule has 0 N–H and O–H groups in total. The highest BCUT2D eigenvalue weighted by Crippen LogP contribution is 2.21. The number of ketones is 1. The molecule has 2 aromatic rings. The maximum absolute atomic E-state index is 11.7. The van der Waals surface area contributed by atoms with Crippen molar-refractivity contribution in [2.45, 2.75) is 0 Å². The van der Waals surface area contributed by atoms with Crippen LogP contribution in [0, 0.1) is 0 Å². The van der Waals surface area contributed by atoms with Crippen molar-refractivity contribution in [1.82, 2.24) is 0 Å². The van der Waals surface area contributed by atoms with Crippen molar-refractivity contribution in [3.8, 4) is 0 Å². The highest BCUT2D eigenvalue weighted by atomic mass is 79.9. The summed E-state index contributed by atoms with van der Waals surface area (Å²) in [6.07, 6.45) is 2.65. The van der Waals surface area contributed by atoms with E-state index in [1.54, 1.807) is 24.3 Å². The van der Waals surface area contributed by atoms with Crippen molar-refractivity contribution in [3.05, 3.63) is 50.0 Å². The second kappa shape index (κ2) is 6.88. The van der Waals surface area contributed by atoms with Gasteiger partial charge < -0.3 is 9.15 Å². The Morgan fingerprint density at radius 1 is 1.35 bits per heavy atom. The van der Waals surface area contributed by atoms with Gasteiger partial charge in [-0.3, -0.25) is 4.79 Å². The van der Waals surface area contributed by atoms with Crippen LogP contribution in [0.5, 0.6) is 0 Å². The largest absolute Gasteiger partial charge is 0.454 e. The zero-order valence-electron chi connectivity index (χ0n) is 9.97. The van der Waals surface area contributed by atoms with Gasteiger partial charge in [-0.05, 0) is 46.3 Å². The average molecular weight is 376 g/mol. The Kier molecular flexibility index (Phi) is 5.17. The number of esters is 1. The van der Waals surface area contributed by atoms with E-state index in [0.717, 1.165) is 11.3 Å². The number of furan rings is 1. The molecule has 0 aliphatic rings. The molecule has 0 saturated carbocycles. The summed E-state index contributed by atoms with van der Waals surface area (Å²) >= 11 is 10.0. The van der Waals surface area contributed by atoms with E-state index >= 15 is 0 Å². The smallest absolute Gasteiger partial charge is 0.331 e. The fourth-order valence-electron chi connectivity index (χ4n) is 1.29.